The molecule has 1 heteroatoms. The SMILES string of the molecule is CCCCCCCCNC/C(=C/CCC(C)(C)C)CC(C)(C)C. The number of unbranched alkanes of at least 4 members (excludes halogenated alkanes) is 5. The molecule has 23 heavy (non-hydrogen) atoms. The van der Waals surface area contributed by atoms with Crippen LogP contribution in [0.4, 0.5) is 0 Å². The third-order valence-electron chi connectivity index (χ3n) is 4.14. The van der Waals surface area contributed by atoms with Crippen molar-refractivity contribution < 1.29 is 0 Å². The average molecular weight is 324 g/mol. The van der Waals surface area contributed by atoms with E-state index in [1.54, 1.807) is 5.57 Å². The molecule has 0 radical (unpaired) electrons. The highest BCUT2D eigenvalue weighted by Crippen LogP contribution is 2.26. The first-order chi connectivity index (χ1) is 10.6. The predicted octanol–water partition coefficient (Wildman–Crippen LogP) is 7.13. The molecule has 0 rings (SSSR count). The fraction of sp³-hybridized carbons (Fsp3) is 0.909. The van der Waals surface area contributed by atoms with Gasteiger partial charge in [-0.05, 0) is 43.1 Å². The summed E-state index contributed by atoms with van der Waals surface area (Å²) in [6.45, 7) is 18.6. The lowest BCUT2D eigenvalue weighted by molar-refractivity contribution is 0.378. The van der Waals surface area contributed by atoms with Gasteiger partial charge in [0.15, 0.2) is 0 Å². The fourth-order valence-electron chi connectivity index (χ4n) is 2.88. The number of nitrogens with one attached hydrogen (secondary N) is 1. The molecule has 0 aliphatic rings. The largest absolute Gasteiger partial charge is 0.313 e. The van der Waals surface area contributed by atoms with Crippen LogP contribution in [0.2, 0.25) is 0 Å². The molecule has 0 aromatic carbocycles. The van der Waals surface area contributed by atoms with Gasteiger partial charge in [-0.25, -0.2) is 0 Å². The normalized spacial score (nSPS) is 13.6. The number of rotatable bonds is 12. The van der Waals surface area contributed by atoms with Gasteiger partial charge in [-0.2, -0.15) is 0 Å². The van der Waals surface area contributed by atoms with Crippen molar-refractivity contribution in [2.24, 2.45) is 10.8 Å². The van der Waals surface area contributed by atoms with E-state index in [0.717, 1.165) is 6.54 Å². The Morgan fingerprint density at radius 2 is 1.43 bits per heavy atom. The van der Waals surface area contributed by atoms with Gasteiger partial charge < -0.3 is 5.32 Å². The maximum Gasteiger partial charge on any atom is 0.0164 e. The first-order valence-corrected chi connectivity index (χ1v) is 10.0. The second-order valence-corrected chi connectivity index (χ2v) is 9.64. The highest BCUT2D eigenvalue weighted by Gasteiger charge is 2.14. The van der Waals surface area contributed by atoms with Crippen molar-refractivity contribution in [3.05, 3.63) is 11.6 Å². The third kappa shape index (κ3) is 17.9. The van der Waals surface area contributed by atoms with Gasteiger partial charge >= 0.3 is 0 Å². The van der Waals surface area contributed by atoms with Crippen LogP contribution >= 0.6 is 0 Å². The molecule has 1 N–H and O–H groups in total. The number of allylic oxidation sites excluding steroid dienone is 1. The molecule has 0 fully saturated rings. The van der Waals surface area contributed by atoms with Crippen LogP contribution < -0.4 is 5.32 Å². The summed E-state index contributed by atoms with van der Waals surface area (Å²) in [6.07, 6.45) is 14.5. The Morgan fingerprint density at radius 3 is 2.00 bits per heavy atom. The monoisotopic (exact) mass is 323 g/mol. The van der Waals surface area contributed by atoms with E-state index >= 15 is 0 Å². The summed E-state index contributed by atoms with van der Waals surface area (Å²) < 4.78 is 0. The molecule has 0 amide bonds. The van der Waals surface area contributed by atoms with Crippen molar-refractivity contribution in [2.45, 2.75) is 106 Å². The highest BCUT2D eigenvalue weighted by molar-refractivity contribution is 5.06. The second-order valence-electron chi connectivity index (χ2n) is 9.64. The van der Waals surface area contributed by atoms with E-state index < -0.39 is 0 Å². The van der Waals surface area contributed by atoms with Crippen molar-refractivity contribution in [2.75, 3.05) is 13.1 Å². The quantitative estimate of drug-likeness (QED) is 0.297. The predicted molar refractivity (Wildman–Crippen MR) is 107 cm³/mol. The average Bonchev–Trinajstić information content (AvgIpc) is 2.38. The Bertz CT molecular complexity index is 301. The van der Waals surface area contributed by atoms with Gasteiger partial charge in [-0.3, -0.25) is 0 Å². The molecule has 0 bridgehead atoms. The van der Waals surface area contributed by atoms with Gasteiger partial charge in [0.05, 0.1) is 0 Å². The minimum Gasteiger partial charge on any atom is -0.313 e. The zero-order valence-corrected chi connectivity index (χ0v) is 17.4. The lowest BCUT2D eigenvalue weighted by Crippen LogP contribution is -2.21. The summed E-state index contributed by atoms with van der Waals surface area (Å²) in [5, 5.41) is 3.68. The number of hydrogen-bond donors (Lipinski definition) is 1. The van der Waals surface area contributed by atoms with Crippen molar-refractivity contribution in [1.82, 2.24) is 5.32 Å². The fourth-order valence-corrected chi connectivity index (χ4v) is 2.88. The molecule has 0 aliphatic carbocycles. The highest BCUT2D eigenvalue weighted by atomic mass is 14.8. The minimum absolute atomic E-state index is 0.384. The minimum atomic E-state index is 0.384. The van der Waals surface area contributed by atoms with Crippen molar-refractivity contribution in [3.63, 3.8) is 0 Å². The summed E-state index contributed by atoms with van der Waals surface area (Å²) in [5.74, 6) is 0. The Morgan fingerprint density at radius 1 is 0.826 bits per heavy atom. The van der Waals surface area contributed by atoms with Gasteiger partial charge in [0.25, 0.3) is 0 Å². The Labute approximate surface area is 147 Å². The van der Waals surface area contributed by atoms with Crippen LogP contribution in [0.15, 0.2) is 11.6 Å². The van der Waals surface area contributed by atoms with Gasteiger partial charge in [-0.1, -0.05) is 92.2 Å². The van der Waals surface area contributed by atoms with Gasteiger partial charge in [-0.15, -0.1) is 0 Å². The molecule has 138 valence electrons. The molecule has 0 aromatic heterocycles. The molecule has 1 nitrogen and oxygen atoms in total. The Balaban J connectivity index is 4.05. The van der Waals surface area contributed by atoms with Crippen LogP contribution in [0.3, 0.4) is 0 Å². The van der Waals surface area contributed by atoms with E-state index in [0.29, 0.717) is 10.8 Å². The first-order valence-electron chi connectivity index (χ1n) is 10.0. The topological polar surface area (TPSA) is 12.0 Å². The van der Waals surface area contributed by atoms with Crippen LogP contribution in [0.1, 0.15) is 106 Å². The molecule has 0 unspecified atom stereocenters. The smallest absolute Gasteiger partial charge is 0.0164 e. The summed E-state index contributed by atoms with van der Waals surface area (Å²) in [6, 6.07) is 0. The van der Waals surface area contributed by atoms with E-state index in [2.05, 4.69) is 59.9 Å². The van der Waals surface area contributed by atoms with E-state index in [9.17, 15) is 0 Å². The van der Waals surface area contributed by atoms with E-state index in [1.807, 2.05) is 0 Å². The maximum atomic E-state index is 3.68. The second kappa shape index (κ2) is 12.1. The van der Waals surface area contributed by atoms with E-state index in [-0.39, 0.29) is 0 Å². The molecule has 0 aromatic rings. The molecular formula is C22H45N. The number of hydrogen-bond acceptors (Lipinski definition) is 1. The zero-order valence-electron chi connectivity index (χ0n) is 17.4. The summed E-state index contributed by atoms with van der Waals surface area (Å²) >= 11 is 0. The standard InChI is InChI=1S/C22H45N/c1-8-9-10-11-12-13-17-23-19-20(18-22(5,6)7)15-14-16-21(2,3)4/h15,23H,8-14,16-19H2,1-7H3/b20-15+. The van der Waals surface area contributed by atoms with Crippen LogP contribution in [0.5, 0.6) is 0 Å². The van der Waals surface area contributed by atoms with Crippen LogP contribution in [0, 0.1) is 10.8 Å². The molecule has 0 saturated heterocycles. The molecule has 0 spiro atoms. The van der Waals surface area contributed by atoms with Crippen LogP contribution in [-0.2, 0) is 0 Å². The lowest BCUT2D eigenvalue weighted by Gasteiger charge is -2.22. The lowest BCUT2D eigenvalue weighted by atomic mass is 9.86. The van der Waals surface area contributed by atoms with Gasteiger partial charge in [0.1, 0.15) is 0 Å². The van der Waals surface area contributed by atoms with E-state index in [1.165, 1.54) is 64.3 Å². The molecule has 0 atom stereocenters. The summed E-state index contributed by atoms with van der Waals surface area (Å²) in [7, 11) is 0. The van der Waals surface area contributed by atoms with Gasteiger partial charge in [0.2, 0.25) is 0 Å². The Hall–Kier alpha value is -0.300. The van der Waals surface area contributed by atoms with E-state index in [4.69, 9.17) is 0 Å². The maximum absolute atomic E-state index is 3.68. The summed E-state index contributed by atoms with van der Waals surface area (Å²) in [4.78, 5) is 0. The Kier molecular flexibility index (Phi) is 12.0. The molecule has 0 aliphatic heterocycles. The molecular weight excluding hydrogens is 278 g/mol. The van der Waals surface area contributed by atoms with Crippen LogP contribution in [-0.4, -0.2) is 13.1 Å². The first kappa shape index (κ1) is 22.7. The third-order valence-corrected chi connectivity index (χ3v) is 4.14. The molecule has 0 saturated carbocycles. The van der Waals surface area contributed by atoms with Crippen LogP contribution in [0.25, 0.3) is 0 Å². The van der Waals surface area contributed by atoms with Crippen molar-refractivity contribution in [3.8, 4) is 0 Å². The zero-order chi connectivity index (χ0) is 17.8. The van der Waals surface area contributed by atoms with Crippen molar-refractivity contribution in [1.29, 1.82) is 0 Å². The summed E-state index contributed by atoms with van der Waals surface area (Å²) in [5.41, 5.74) is 2.43. The van der Waals surface area contributed by atoms with Crippen molar-refractivity contribution >= 4 is 0 Å². The molecule has 0 heterocycles. The van der Waals surface area contributed by atoms with Gasteiger partial charge in [0, 0.05) is 6.54 Å².